The van der Waals surface area contributed by atoms with Gasteiger partial charge >= 0.3 is 0 Å². The minimum Gasteiger partial charge on any atom is -0.378 e. The summed E-state index contributed by atoms with van der Waals surface area (Å²) in [6.45, 7) is 7.56. The van der Waals surface area contributed by atoms with E-state index in [-0.39, 0.29) is 0 Å². The number of ether oxygens (including phenoxy) is 1. The number of aromatic nitrogens is 2. The van der Waals surface area contributed by atoms with Gasteiger partial charge in [-0.3, -0.25) is 0 Å². The predicted molar refractivity (Wildman–Crippen MR) is 125 cm³/mol. The molecule has 2 aliphatic rings. The third-order valence-electron chi connectivity index (χ3n) is 5.20. The zero-order valence-electron chi connectivity index (χ0n) is 17.1. The van der Waals surface area contributed by atoms with Crippen LogP contribution in [0.5, 0.6) is 0 Å². The molecular weight excluding hydrogens is 444 g/mol. The number of hydrogen-bond donors (Lipinski definition) is 3. The molecule has 2 fully saturated rings. The van der Waals surface area contributed by atoms with Crippen LogP contribution in [-0.4, -0.2) is 43.3 Å². The van der Waals surface area contributed by atoms with Gasteiger partial charge in [-0.05, 0) is 70.6 Å². The number of benzene rings is 1. The van der Waals surface area contributed by atoms with Crippen LogP contribution in [0.1, 0.15) is 12.8 Å². The number of nitrogens with one attached hydrogen (secondary N) is 3. The molecule has 2 aromatic rings. The van der Waals surface area contributed by atoms with Crippen LogP contribution in [0.2, 0.25) is 0 Å². The first-order valence-electron chi connectivity index (χ1n) is 10.2. The first-order chi connectivity index (χ1) is 14.6. The van der Waals surface area contributed by atoms with Crippen molar-refractivity contribution in [1.29, 1.82) is 0 Å². The molecule has 0 radical (unpaired) electrons. The molecule has 1 aliphatic heterocycles. The molecule has 2 heterocycles. The highest BCUT2D eigenvalue weighted by Gasteiger charge is 2.23. The van der Waals surface area contributed by atoms with Crippen molar-refractivity contribution in [2.24, 2.45) is 5.92 Å². The van der Waals surface area contributed by atoms with Crippen molar-refractivity contribution < 1.29 is 4.74 Å². The summed E-state index contributed by atoms with van der Waals surface area (Å²) in [7, 11) is 1.88. The second-order valence-corrected chi connectivity index (χ2v) is 8.30. The molecule has 1 aromatic carbocycles. The molecule has 4 rings (SSSR count). The largest absolute Gasteiger partial charge is 0.378 e. The van der Waals surface area contributed by atoms with E-state index in [0.29, 0.717) is 17.7 Å². The predicted octanol–water partition coefficient (Wildman–Crippen LogP) is 4.26. The van der Waals surface area contributed by atoms with Gasteiger partial charge in [0.15, 0.2) is 5.82 Å². The van der Waals surface area contributed by atoms with Gasteiger partial charge in [0.25, 0.3) is 0 Å². The third kappa shape index (κ3) is 5.31. The molecule has 158 valence electrons. The standard InChI is InChI=1S/C22H27BrN6O/c1-15(16-3-4-16)13-20(24-2)27-21-19(23)14-25-22(28-21)26-17-5-7-18(8-6-17)29-9-11-30-12-10-29/h5-8,13-14,16,24H,1,3-4,9-12H2,2H3,(H2,25,26,27,28)/b20-13+. The third-order valence-corrected chi connectivity index (χ3v) is 5.78. The Morgan fingerprint density at radius 1 is 1.23 bits per heavy atom. The van der Waals surface area contributed by atoms with Crippen molar-refractivity contribution in [3.8, 4) is 0 Å². The molecule has 0 amide bonds. The number of nitrogens with zero attached hydrogens (tertiary/aromatic N) is 3. The topological polar surface area (TPSA) is 74.3 Å². The molecule has 7 nitrogen and oxygen atoms in total. The maximum absolute atomic E-state index is 5.42. The van der Waals surface area contributed by atoms with Gasteiger partial charge in [-0.15, -0.1) is 0 Å². The summed E-state index contributed by atoms with van der Waals surface area (Å²) in [5, 5.41) is 9.77. The van der Waals surface area contributed by atoms with Gasteiger partial charge in [0, 0.05) is 37.7 Å². The lowest BCUT2D eigenvalue weighted by molar-refractivity contribution is 0.122. The van der Waals surface area contributed by atoms with Crippen LogP contribution in [0.4, 0.5) is 23.1 Å². The van der Waals surface area contributed by atoms with E-state index in [1.807, 2.05) is 25.3 Å². The number of hydrogen-bond acceptors (Lipinski definition) is 7. The van der Waals surface area contributed by atoms with Crippen molar-refractivity contribution in [3.05, 3.63) is 59.0 Å². The smallest absolute Gasteiger partial charge is 0.229 e. The monoisotopic (exact) mass is 470 g/mol. The van der Waals surface area contributed by atoms with Gasteiger partial charge in [0.05, 0.1) is 17.7 Å². The second-order valence-electron chi connectivity index (χ2n) is 7.44. The van der Waals surface area contributed by atoms with E-state index in [4.69, 9.17) is 4.74 Å². The molecule has 0 spiro atoms. The van der Waals surface area contributed by atoms with Gasteiger partial charge in [-0.25, -0.2) is 4.98 Å². The number of anilines is 4. The van der Waals surface area contributed by atoms with Crippen LogP contribution < -0.4 is 20.9 Å². The lowest BCUT2D eigenvalue weighted by Gasteiger charge is -2.28. The maximum atomic E-state index is 5.42. The molecule has 30 heavy (non-hydrogen) atoms. The lowest BCUT2D eigenvalue weighted by Crippen LogP contribution is -2.36. The van der Waals surface area contributed by atoms with Gasteiger partial charge in [0.1, 0.15) is 5.82 Å². The molecule has 1 saturated heterocycles. The van der Waals surface area contributed by atoms with Crippen molar-refractivity contribution >= 4 is 39.1 Å². The van der Waals surface area contributed by atoms with E-state index in [9.17, 15) is 0 Å². The normalized spacial score (nSPS) is 16.9. The van der Waals surface area contributed by atoms with Crippen LogP contribution in [0.25, 0.3) is 0 Å². The average molecular weight is 471 g/mol. The number of halogens is 1. The minimum absolute atomic E-state index is 0.524. The van der Waals surface area contributed by atoms with Crippen molar-refractivity contribution in [3.63, 3.8) is 0 Å². The first kappa shape index (κ1) is 20.7. The number of morpholine rings is 1. The van der Waals surface area contributed by atoms with E-state index in [1.54, 1.807) is 6.20 Å². The summed E-state index contributed by atoms with van der Waals surface area (Å²) in [5.41, 5.74) is 3.27. The van der Waals surface area contributed by atoms with E-state index in [0.717, 1.165) is 47.9 Å². The zero-order valence-corrected chi connectivity index (χ0v) is 18.7. The van der Waals surface area contributed by atoms with Crippen molar-refractivity contribution in [1.82, 2.24) is 15.3 Å². The van der Waals surface area contributed by atoms with E-state index in [2.05, 4.69) is 65.5 Å². The van der Waals surface area contributed by atoms with Crippen LogP contribution in [0.15, 0.2) is 59.0 Å². The van der Waals surface area contributed by atoms with Crippen molar-refractivity contribution in [2.75, 3.05) is 48.9 Å². The summed E-state index contributed by atoms with van der Waals surface area (Å²) in [6.07, 6.45) is 6.23. The Kier molecular flexibility index (Phi) is 6.54. The Morgan fingerprint density at radius 3 is 2.63 bits per heavy atom. The highest BCUT2D eigenvalue weighted by atomic mass is 79.9. The summed E-state index contributed by atoms with van der Waals surface area (Å²) in [6, 6.07) is 8.30. The van der Waals surface area contributed by atoms with Gasteiger partial charge in [-0.1, -0.05) is 6.58 Å². The Hall–Kier alpha value is -2.58. The van der Waals surface area contributed by atoms with E-state index < -0.39 is 0 Å². The fraction of sp³-hybridized carbons (Fsp3) is 0.364. The molecule has 3 N–H and O–H groups in total. The molecule has 1 aromatic heterocycles. The Labute approximate surface area is 185 Å². The fourth-order valence-electron chi connectivity index (χ4n) is 3.28. The van der Waals surface area contributed by atoms with Gasteiger partial charge < -0.3 is 25.6 Å². The summed E-state index contributed by atoms with van der Waals surface area (Å²) in [4.78, 5) is 11.3. The minimum atomic E-state index is 0.524. The van der Waals surface area contributed by atoms with E-state index in [1.165, 1.54) is 18.5 Å². The second kappa shape index (κ2) is 9.49. The quantitative estimate of drug-likeness (QED) is 0.497. The summed E-state index contributed by atoms with van der Waals surface area (Å²) >= 11 is 3.53. The zero-order chi connectivity index (χ0) is 20.9. The Balaban J connectivity index is 1.44. The van der Waals surface area contributed by atoms with E-state index >= 15 is 0 Å². The molecule has 0 atom stereocenters. The summed E-state index contributed by atoms with van der Waals surface area (Å²) in [5.74, 6) is 2.67. The maximum Gasteiger partial charge on any atom is 0.229 e. The van der Waals surface area contributed by atoms with Gasteiger partial charge in [-0.2, -0.15) is 4.98 Å². The average Bonchev–Trinajstić information content (AvgIpc) is 3.62. The van der Waals surface area contributed by atoms with Crippen LogP contribution >= 0.6 is 15.9 Å². The molecule has 0 unspecified atom stereocenters. The highest BCUT2D eigenvalue weighted by Crippen LogP contribution is 2.36. The summed E-state index contributed by atoms with van der Waals surface area (Å²) < 4.78 is 6.21. The molecule has 1 saturated carbocycles. The SMILES string of the molecule is C=C(/C=C(\NC)Nc1nc(Nc2ccc(N3CCOCC3)cc2)ncc1Br)C1CC1. The molecule has 0 bridgehead atoms. The first-order valence-corrected chi connectivity index (χ1v) is 11.0. The Morgan fingerprint density at radius 2 is 1.97 bits per heavy atom. The van der Waals surface area contributed by atoms with Gasteiger partial charge in [0.2, 0.25) is 5.95 Å². The molecule has 8 heteroatoms. The van der Waals surface area contributed by atoms with Crippen LogP contribution in [-0.2, 0) is 4.74 Å². The number of allylic oxidation sites excluding steroid dienone is 2. The fourth-order valence-corrected chi connectivity index (χ4v) is 3.57. The highest BCUT2D eigenvalue weighted by molar-refractivity contribution is 9.10. The number of rotatable bonds is 8. The molecular formula is C22H27BrN6O. The molecule has 1 aliphatic carbocycles. The lowest BCUT2D eigenvalue weighted by atomic mass is 10.2. The van der Waals surface area contributed by atoms with Crippen LogP contribution in [0, 0.1) is 5.92 Å². The van der Waals surface area contributed by atoms with Crippen LogP contribution in [0.3, 0.4) is 0 Å². The van der Waals surface area contributed by atoms with Crippen molar-refractivity contribution in [2.45, 2.75) is 12.8 Å². The Bertz CT molecular complexity index is 920.